The summed E-state index contributed by atoms with van der Waals surface area (Å²) in [6.45, 7) is 4.23. The van der Waals surface area contributed by atoms with Crippen LogP contribution in [-0.4, -0.2) is 9.97 Å². The molecule has 0 saturated heterocycles. The third-order valence-electron chi connectivity index (χ3n) is 5.23. The molecule has 0 amide bonds. The van der Waals surface area contributed by atoms with Crippen molar-refractivity contribution >= 4 is 21.9 Å². The molecule has 0 aliphatic rings. The van der Waals surface area contributed by atoms with Gasteiger partial charge in [-0.05, 0) is 36.6 Å². The standard InChI is InChI=1S/C24H18N2O/c1-15-8-9-20-22-19(21-14-25-12-13-26-21)11-10-18(17-6-4-3-5-7-17)24(22)27-23(20)16(15)2/h3-14H,1-2H3. The van der Waals surface area contributed by atoms with Crippen molar-refractivity contribution in [1.29, 1.82) is 0 Å². The van der Waals surface area contributed by atoms with Gasteiger partial charge in [0.25, 0.3) is 0 Å². The second kappa shape index (κ2) is 6.06. The van der Waals surface area contributed by atoms with E-state index in [0.29, 0.717) is 0 Å². The number of benzene rings is 3. The first-order chi connectivity index (χ1) is 13.2. The van der Waals surface area contributed by atoms with Crippen LogP contribution in [0.4, 0.5) is 0 Å². The molecule has 0 atom stereocenters. The highest BCUT2D eigenvalue weighted by Gasteiger charge is 2.19. The summed E-state index contributed by atoms with van der Waals surface area (Å²) >= 11 is 0. The van der Waals surface area contributed by atoms with Crippen LogP contribution in [0.2, 0.25) is 0 Å². The highest BCUT2D eigenvalue weighted by atomic mass is 16.3. The van der Waals surface area contributed by atoms with E-state index < -0.39 is 0 Å². The maximum Gasteiger partial charge on any atom is 0.143 e. The molecule has 0 aliphatic carbocycles. The average molecular weight is 350 g/mol. The van der Waals surface area contributed by atoms with E-state index in [1.54, 1.807) is 18.6 Å². The molecule has 130 valence electrons. The minimum absolute atomic E-state index is 0.850. The van der Waals surface area contributed by atoms with E-state index in [2.05, 4.69) is 72.3 Å². The Labute approximate surface area is 157 Å². The average Bonchev–Trinajstić information content (AvgIpc) is 3.12. The maximum atomic E-state index is 6.46. The van der Waals surface area contributed by atoms with Crippen molar-refractivity contribution in [2.45, 2.75) is 13.8 Å². The Balaban J connectivity index is 1.95. The molecule has 0 radical (unpaired) electrons. The van der Waals surface area contributed by atoms with Crippen LogP contribution in [0.5, 0.6) is 0 Å². The predicted molar refractivity (Wildman–Crippen MR) is 110 cm³/mol. The second-order valence-corrected chi connectivity index (χ2v) is 6.81. The Hall–Kier alpha value is -3.46. The number of aryl methyl sites for hydroxylation is 2. The molecule has 0 aliphatic heterocycles. The highest BCUT2D eigenvalue weighted by Crippen LogP contribution is 2.42. The van der Waals surface area contributed by atoms with Gasteiger partial charge in [0.2, 0.25) is 0 Å². The topological polar surface area (TPSA) is 38.9 Å². The van der Waals surface area contributed by atoms with Crippen molar-refractivity contribution in [1.82, 2.24) is 9.97 Å². The first-order valence-electron chi connectivity index (χ1n) is 9.01. The Morgan fingerprint density at radius 2 is 1.59 bits per heavy atom. The lowest BCUT2D eigenvalue weighted by Gasteiger charge is -2.07. The van der Waals surface area contributed by atoms with Gasteiger partial charge in [-0.15, -0.1) is 0 Å². The molecule has 2 aromatic heterocycles. The summed E-state index contributed by atoms with van der Waals surface area (Å²) < 4.78 is 6.46. The molecule has 0 spiro atoms. The van der Waals surface area contributed by atoms with Crippen molar-refractivity contribution in [2.24, 2.45) is 0 Å². The van der Waals surface area contributed by atoms with E-state index in [0.717, 1.165) is 44.3 Å². The minimum atomic E-state index is 0.850. The van der Waals surface area contributed by atoms with Crippen LogP contribution in [0.1, 0.15) is 11.1 Å². The van der Waals surface area contributed by atoms with Crippen LogP contribution in [0.15, 0.2) is 77.6 Å². The van der Waals surface area contributed by atoms with Gasteiger partial charge in [0, 0.05) is 34.3 Å². The summed E-state index contributed by atoms with van der Waals surface area (Å²) in [5.74, 6) is 0. The smallest absolute Gasteiger partial charge is 0.143 e. The molecule has 0 bridgehead atoms. The molecule has 5 aromatic rings. The van der Waals surface area contributed by atoms with Gasteiger partial charge in [0.1, 0.15) is 11.2 Å². The van der Waals surface area contributed by atoms with Gasteiger partial charge in [0.15, 0.2) is 0 Å². The van der Waals surface area contributed by atoms with Gasteiger partial charge < -0.3 is 4.42 Å². The quantitative estimate of drug-likeness (QED) is 0.373. The van der Waals surface area contributed by atoms with E-state index in [4.69, 9.17) is 4.42 Å². The SMILES string of the molecule is Cc1ccc2c(oc3c(-c4ccccc4)ccc(-c4cnccn4)c32)c1C. The molecule has 2 heterocycles. The Morgan fingerprint density at radius 1 is 0.778 bits per heavy atom. The number of aromatic nitrogens is 2. The summed E-state index contributed by atoms with van der Waals surface area (Å²) in [6.07, 6.45) is 5.22. The van der Waals surface area contributed by atoms with Crippen molar-refractivity contribution in [3.8, 4) is 22.4 Å². The number of furan rings is 1. The largest absolute Gasteiger partial charge is 0.455 e. The van der Waals surface area contributed by atoms with Gasteiger partial charge in [-0.25, -0.2) is 0 Å². The van der Waals surface area contributed by atoms with E-state index in [-0.39, 0.29) is 0 Å². The zero-order chi connectivity index (χ0) is 18.4. The number of rotatable bonds is 2. The normalized spacial score (nSPS) is 11.3. The fourth-order valence-electron chi connectivity index (χ4n) is 3.67. The number of hydrogen-bond acceptors (Lipinski definition) is 3. The van der Waals surface area contributed by atoms with Crippen LogP contribution in [0.25, 0.3) is 44.3 Å². The molecule has 3 heteroatoms. The summed E-state index contributed by atoms with van der Waals surface area (Å²) in [6, 6.07) is 18.9. The zero-order valence-corrected chi connectivity index (χ0v) is 15.2. The van der Waals surface area contributed by atoms with Gasteiger partial charge in [0.05, 0.1) is 11.9 Å². The third kappa shape index (κ3) is 2.43. The van der Waals surface area contributed by atoms with Gasteiger partial charge in [-0.3, -0.25) is 9.97 Å². The molecule has 3 aromatic carbocycles. The minimum Gasteiger partial charge on any atom is -0.455 e. The van der Waals surface area contributed by atoms with Crippen LogP contribution in [0.3, 0.4) is 0 Å². The highest BCUT2D eigenvalue weighted by molar-refractivity contribution is 6.16. The monoisotopic (exact) mass is 350 g/mol. The fraction of sp³-hybridized carbons (Fsp3) is 0.0833. The van der Waals surface area contributed by atoms with Crippen molar-refractivity contribution in [3.63, 3.8) is 0 Å². The molecule has 0 fully saturated rings. The molecule has 0 saturated carbocycles. The Morgan fingerprint density at radius 3 is 2.37 bits per heavy atom. The van der Waals surface area contributed by atoms with E-state index >= 15 is 0 Å². The van der Waals surface area contributed by atoms with Crippen molar-refractivity contribution in [2.75, 3.05) is 0 Å². The first kappa shape index (κ1) is 15.8. The molecule has 0 unspecified atom stereocenters. The van der Waals surface area contributed by atoms with E-state index in [1.165, 1.54) is 11.1 Å². The van der Waals surface area contributed by atoms with Gasteiger partial charge in [-0.2, -0.15) is 0 Å². The van der Waals surface area contributed by atoms with Gasteiger partial charge in [-0.1, -0.05) is 48.5 Å². The summed E-state index contributed by atoms with van der Waals surface area (Å²) in [4.78, 5) is 8.78. The molecule has 0 N–H and O–H groups in total. The lowest BCUT2D eigenvalue weighted by atomic mass is 9.96. The number of fused-ring (bicyclic) bond motifs is 3. The van der Waals surface area contributed by atoms with E-state index in [1.807, 2.05) is 6.07 Å². The summed E-state index contributed by atoms with van der Waals surface area (Å²) in [7, 11) is 0. The number of hydrogen-bond donors (Lipinski definition) is 0. The lowest BCUT2D eigenvalue weighted by Crippen LogP contribution is -1.87. The van der Waals surface area contributed by atoms with Crippen LogP contribution < -0.4 is 0 Å². The summed E-state index contributed by atoms with van der Waals surface area (Å²) in [5.41, 5.74) is 8.36. The Bertz CT molecular complexity index is 1270. The zero-order valence-electron chi connectivity index (χ0n) is 15.2. The lowest BCUT2D eigenvalue weighted by molar-refractivity contribution is 0.666. The molecular weight excluding hydrogens is 332 g/mol. The predicted octanol–water partition coefficient (Wildman–Crippen LogP) is 6.33. The van der Waals surface area contributed by atoms with Crippen molar-refractivity contribution < 1.29 is 4.42 Å². The molecule has 5 rings (SSSR count). The summed E-state index contributed by atoms with van der Waals surface area (Å²) in [5, 5.41) is 2.21. The van der Waals surface area contributed by atoms with Crippen LogP contribution >= 0.6 is 0 Å². The van der Waals surface area contributed by atoms with Crippen molar-refractivity contribution in [3.05, 3.63) is 84.3 Å². The molecular formula is C24H18N2O. The van der Waals surface area contributed by atoms with Crippen LogP contribution in [-0.2, 0) is 0 Å². The van der Waals surface area contributed by atoms with Crippen LogP contribution in [0, 0.1) is 13.8 Å². The second-order valence-electron chi connectivity index (χ2n) is 6.81. The number of nitrogens with zero attached hydrogens (tertiary/aromatic N) is 2. The van der Waals surface area contributed by atoms with Gasteiger partial charge >= 0.3 is 0 Å². The maximum absolute atomic E-state index is 6.46. The molecule has 27 heavy (non-hydrogen) atoms. The fourth-order valence-corrected chi connectivity index (χ4v) is 3.67. The van der Waals surface area contributed by atoms with E-state index in [9.17, 15) is 0 Å². The molecule has 3 nitrogen and oxygen atoms in total. The Kier molecular flexibility index (Phi) is 3.54. The first-order valence-corrected chi connectivity index (χ1v) is 9.01. The third-order valence-corrected chi connectivity index (χ3v) is 5.23.